The zero-order valence-corrected chi connectivity index (χ0v) is 11.6. The number of aromatic nitrogens is 3. The van der Waals surface area contributed by atoms with Gasteiger partial charge in [0.15, 0.2) is 0 Å². The van der Waals surface area contributed by atoms with Gasteiger partial charge in [0.1, 0.15) is 11.9 Å². The van der Waals surface area contributed by atoms with Gasteiger partial charge in [-0.3, -0.25) is 4.79 Å². The maximum absolute atomic E-state index is 12.0. The molecular weight excluding hydrogens is 284 g/mol. The van der Waals surface area contributed by atoms with Gasteiger partial charge < -0.3 is 14.8 Å². The molecule has 1 unspecified atom stereocenters. The van der Waals surface area contributed by atoms with E-state index in [1.54, 1.807) is 53.5 Å². The zero-order valence-electron chi connectivity index (χ0n) is 11.6. The second-order valence-corrected chi connectivity index (χ2v) is 4.64. The van der Waals surface area contributed by atoms with Gasteiger partial charge >= 0.3 is 0 Å². The molecule has 0 aliphatic carbocycles. The summed E-state index contributed by atoms with van der Waals surface area (Å²) in [7, 11) is 0. The van der Waals surface area contributed by atoms with Crippen LogP contribution in [0.3, 0.4) is 0 Å². The quantitative estimate of drug-likeness (QED) is 0.741. The lowest BCUT2D eigenvalue weighted by Crippen LogP contribution is -2.28. The molecule has 112 valence electrons. The van der Waals surface area contributed by atoms with Gasteiger partial charge in [-0.2, -0.15) is 0 Å². The van der Waals surface area contributed by atoms with E-state index in [0.717, 1.165) is 5.69 Å². The third-order valence-electron chi connectivity index (χ3n) is 3.14. The van der Waals surface area contributed by atoms with Crippen molar-refractivity contribution in [2.75, 3.05) is 6.54 Å². The van der Waals surface area contributed by atoms with Gasteiger partial charge in [-0.15, -0.1) is 5.10 Å². The molecule has 0 aliphatic rings. The number of carbonyl (C=O) groups is 1. The highest BCUT2D eigenvalue weighted by atomic mass is 16.4. The molecule has 2 aromatic heterocycles. The van der Waals surface area contributed by atoms with Crippen LogP contribution in [-0.2, 0) is 0 Å². The molecule has 2 N–H and O–H groups in total. The molecular formula is C15H14N4O3. The molecule has 1 amide bonds. The first-order chi connectivity index (χ1) is 10.7. The van der Waals surface area contributed by atoms with Gasteiger partial charge in [-0.1, -0.05) is 5.21 Å². The molecule has 7 heteroatoms. The van der Waals surface area contributed by atoms with E-state index in [1.807, 2.05) is 0 Å². The predicted octanol–water partition coefficient (Wildman–Crippen LogP) is 1.32. The van der Waals surface area contributed by atoms with Crippen LogP contribution in [0.15, 0.2) is 59.5 Å². The summed E-state index contributed by atoms with van der Waals surface area (Å²) in [6.07, 6.45) is 3.91. The van der Waals surface area contributed by atoms with Crippen molar-refractivity contribution in [3.05, 3.63) is 66.4 Å². The number of carbonyl (C=O) groups excluding carboxylic acids is 1. The number of amides is 1. The molecule has 0 bridgehead atoms. The van der Waals surface area contributed by atoms with Gasteiger partial charge in [0.05, 0.1) is 30.9 Å². The van der Waals surface area contributed by atoms with Crippen molar-refractivity contribution in [1.29, 1.82) is 0 Å². The van der Waals surface area contributed by atoms with Gasteiger partial charge in [-0.05, 0) is 36.4 Å². The van der Waals surface area contributed by atoms with Crippen LogP contribution in [0, 0.1) is 0 Å². The van der Waals surface area contributed by atoms with E-state index >= 15 is 0 Å². The van der Waals surface area contributed by atoms with Crippen LogP contribution < -0.4 is 5.32 Å². The predicted molar refractivity (Wildman–Crippen MR) is 77.4 cm³/mol. The van der Waals surface area contributed by atoms with Crippen molar-refractivity contribution in [2.45, 2.75) is 6.10 Å². The monoisotopic (exact) mass is 298 g/mol. The summed E-state index contributed by atoms with van der Waals surface area (Å²) in [5.74, 6) is 0.151. The molecule has 0 radical (unpaired) electrons. The van der Waals surface area contributed by atoms with Crippen LogP contribution in [0.25, 0.3) is 5.69 Å². The SMILES string of the molecule is O=C(NCC(O)c1ccco1)c1ccc(-n2ccnn2)cc1. The third kappa shape index (κ3) is 3.04. The summed E-state index contributed by atoms with van der Waals surface area (Å²) in [4.78, 5) is 12.0. The molecule has 22 heavy (non-hydrogen) atoms. The molecule has 2 heterocycles. The third-order valence-corrected chi connectivity index (χ3v) is 3.14. The largest absolute Gasteiger partial charge is 0.467 e. The fraction of sp³-hybridized carbons (Fsp3) is 0.133. The average Bonchev–Trinajstić information content (AvgIpc) is 3.25. The fourth-order valence-corrected chi connectivity index (χ4v) is 1.98. The first-order valence-corrected chi connectivity index (χ1v) is 6.70. The molecule has 3 rings (SSSR count). The number of hydrogen-bond acceptors (Lipinski definition) is 5. The summed E-state index contributed by atoms with van der Waals surface area (Å²) < 4.78 is 6.67. The molecule has 1 aromatic carbocycles. The number of rotatable bonds is 5. The van der Waals surface area contributed by atoms with Crippen LogP contribution in [0.1, 0.15) is 22.2 Å². The van der Waals surface area contributed by atoms with E-state index in [4.69, 9.17) is 4.42 Å². The average molecular weight is 298 g/mol. The molecule has 3 aromatic rings. The Morgan fingerprint density at radius 1 is 1.32 bits per heavy atom. The van der Waals surface area contributed by atoms with Crippen molar-refractivity contribution in [1.82, 2.24) is 20.3 Å². The van der Waals surface area contributed by atoms with Crippen LogP contribution in [-0.4, -0.2) is 32.6 Å². The van der Waals surface area contributed by atoms with E-state index < -0.39 is 6.10 Å². The van der Waals surface area contributed by atoms with E-state index in [-0.39, 0.29) is 12.5 Å². The minimum absolute atomic E-state index is 0.0805. The summed E-state index contributed by atoms with van der Waals surface area (Å²) >= 11 is 0. The second kappa shape index (κ2) is 6.23. The summed E-state index contributed by atoms with van der Waals surface area (Å²) in [6.45, 7) is 0.0805. The number of nitrogens with zero attached hydrogens (tertiary/aromatic N) is 3. The lowest BCUT2D eigenvalue weighted by atomic mass is 10.2. The molecule has 0 fully saturated rings. The van der Waals surface area contributed by atoms with Crippen LogP contribution >= 0.6 is 0 Å². The van der Waals surface area contributed by atoms with E-state index in [2.05, 4.69) is 15.6 Å². The number of aliphatic hydroxyl groups is 1. The minimum Gasteiger partial charge on any atom is -0.467 e. The summed E-state index contributed by atoms with van der Waals surface area (Å²) in [5.41, 5.74) is 1.31. The van der Waals surface area contributed by atoms with Gasteiger partial charge in [0.25, 0.3) is 5.91 Å². The Hall–Kier alpha value is -2.93. The first kappa shape index (κ1) is 14.0. The second-order valence-electron chi connectivity index (χ2n) is 4.64. The standard InChI is InChI=1S/C15H14N4O3/c20-13(14-2-1-9-22-14)10-16-15(21)11-3-5-12(6-4-11)19-8-7-17-18-19/h1-9,13,20H,10H2,(H,16,21). The number of furan rings is 1. The van der Waals surface area contributed by atoms with Crippen molar-refractivity contribution in [3.8, 4) is 5.69 Å². The molecule has 0 saturated heterocycles. The van der Waals surface area contributed by atoms with E-state index in [1.165, 1.54) is 6.26 Å². The van der Waals surface area contributed by atoms with Crippen molar-refractivity contribution >= 4 is 5.91 Å². The zero-order chi connectivity index (χ0) is 15.4. The van der Waals surface area contributed by atoms with Crippen molar-refractivity contribution in [2.24, 2.45) is 0 Å². The number of nitrogens with one attached hydrogen (secondary N) is 1. The highest BCUT2D eigenvalue weighted by Crippen LogP contribution is 2.12. The molecule has 0 saturated carbocycles. The number of benzene rings is 1. The lowest BCUT2D eigenvalue weighted by molar-refractivity contribution is 0.0901. The van der Waals surface area contributed by atoms with Gasteiger partial charge in [-0.25, -0.2) is 4.68 Å². The van der Waals surface area contributed by atoms with Gasteiger partial charge in [0.2, 0.25) is 0 Å². The van der Waals surface area contributed by atoms with Gasteiger partial charge in [0, 0.05) is 5.56 Å². The topological polar surface area (TPSA) is 93.2 Å². The summed E-state index contributed by atoms with van der Waals surface area (Å²) in [5, 5.41) is 20.1. The lowest BCUT2D eigenvalue weighted by Gasteiger charge is -2.10. The normalized spacial score (nSPS) is 12.0. The summed E-state index contributed by atoms with van der Waals surface area (Å²) in [6, 6.07) is 10.3. The number of aliphatic hydroxyl groups excluding tert-OH is 1. The Morgan fingerprint density at radius 3 is 2.77 bits per heavy atom. The Labute approximate surface area is 126 Å². The highest BCUT2D eigenvalue weighted by molar-refractivity contribution is 5.94. The molecule has 0 aliphatic heterocycles. The Morgan fingerprint density at radius 2 is 2.14 bits per heavy atom. The molecule has 1 atom stereocenters. The smallest absolute Gasteiger partial charge is 0.251 e. The Balaban J connectivity index is 1.60. The molecule has 0 spiro atoms. The Kier molecular flexibility index (Phi) is 3.97. The van der Waals surface area contributed by atoms with E-state index in [0.29, 0.717) is 11.3 Å². The van der Waals surface area contributed by atoms with Crippen LogP contribution in [0.5, 0.6) is 0 Å². The van der Waals surface area contributed by atoms with Crippen LogP contribution in [0.2, 0.25) is 0 Å². The van der Waals surface area contributed by atoms with Crippen molar-refractivity contribution in [3.63, 3.8) is 0 Å². The highest BCUT2D eigenvalue weighted by Gasteiger charge is 2.13. The maximum Gasteiger partial charge on any atom is 0.251 e. The van der Waals surface area contributed by atoms with E-state index in [9.17, 15) is 9.90 Å². The fourth-order valence-electron chi connectivity index (χ4n) is 1.98. The van der Waals surface area contributed by atoms with Crippen molar-refractivity contribution < 1.29 is 14.3 Å². The number of hydrogen-bond donors (Lipinski definition) is 2. The molecule has 7 nitrogen and oxygen atoms in total. The minimum atomic E-state index is -0.867. The van der Waals surface area contributed by atoms with Crippen LogP contribution in [0.4, 0.5) is 0 Å². The Bertz CT molecular complexity index is 721. The maximum atomic E-state index is 12.0. The first-order valence-electron chi connectivity index (χ1n) is 6.70.